The molecule has 1 N–H and O–H groups in total. The third kappa shape index (κ3) is 5.59. The van der Waals surface area contributed by atoms with Crippen LogP contribution >= 0.6 is 0 Å². The number of carbonyl (C=O) groups is 1. The summed E-state index contributed by atoms with van der Waals surface area (Å²) in [5.74, 6) is 0. The van der Waals surface area contributed by atoms with E-state index >= 15 is 0 Å². The minimum atomic E-state index is -4.45. The van der Waals surface area contributed by atoms with Crippen molar-refractivity contribution in [2.45, 2.75) is 57.7 Å². The van der Waals surface area contributed by atoms with E-state index in [0.29, 0.717) is 6.42 Å². The van der Waals surface area contributed by atoms with Crippen molar-refractivity contribution in [3.8, 4) is 0 Å². The van der Waals surface area contributed by atoms with E-state index in [1.54, 1.807) is 20.8 Å². The molecule has 1 fully saturated rings. The Morgan fingerprint density at radius 2 is 1.92 bits per heavy atom. The number of hydrogen-bond donors (Lipinski definition) is 1. The first-order valence-electron chi connectivity index (χ1n) is 8.48. The lowest BCUT2D eigenvalue weighted by atomic mass is 10.0. The normalized spacial score (nSPS) is 21.6. The summed E-state index contributed by atoms with van der Waals surface area (Å²) in [4.78, 5) is 13.3. The summed E-state index contributed by atoms with van der Waals surface area (Å²) in [6.07, 6.45) is -6.11. The summed E-state index contributed by atoms with van der Waals surface area (Å²) >= 11 is 0. The average Bonchev–Trinajstić information content (AvgIpc) is 2.51. The quantitative estimate of drug-likeness (QED) is 0.806. The number of halogens is 4. The summed E-state index contributed by atoms with van der Waals surface area (Å²) in [5, 5.41) is 2.85. The van der Waals surface area contributed by atoms with Crippen molar-refractivity contribution in [1.29, 1.82) is 0 Å². The molecule has 1 aromatic rings. The fraction of sp³-hybridized carbons (Fsp3) is 0.611. The Morgan fingerprint density at radius 1 is 1.27 bits per heavy atom. The predicted octanol–water partition coefficient (Wildman–Crippen LogP) is 4.14. The van der Waals surface area contributed by atoms with Gasteiger partial charge in [0.15, 0.2) is 0 Å². The van der Waals surface area contributed by atoms with Crippen molar-refractivity contribution in [3.05, 3.63) is 35.4 Å². The molecule has 0 aromatic heterocycles. The molecule has 0 radical (unpaired) electrons. The number of benzene rings is 1. The Hall–Kier alpha value is -1.83. The van der Waals surface area contributed by atoms with Gasteiger partial charge in [0, 0.05) is 19.1 Å². The Balaban J connectivity index is 1.93. The van der Waals surface area contributed by atoms with Crippen LogP contribution in [0.25, 0.3) is 0 Å². The highest BCUT2D eigenvalue weighted by atomic mass is 19.4. The van der Waals surface area contributed by atoms with Crippen molar-refractivity contribution < 1.29 is 27.1 Å². The maximum Gasteiger partial charge on any atom is 0.416 e. The zero-order valence-corrected chi connectivity index (χ0v) is 15.1. The van der Waals surface area contributed by atoms with Gasteiger partial charge in [0.25, 0.3) is 0 Å². The van der Waals surface area contributed by atoms with Crippen LogP contribution in [0.5, 0.6) is 0 Å². The first-order valence-corrected chi connectivity index (χ1v) is 8.48. The minimum Gasteiger partial charge on any atom is -0.444 e. The maximum atomic E-state index is 14.4. The second kappa shape index (κ2) is 7.82. The van der Waals surface area contributed by atoms with Crippen molar-refractivity contribution in [2.24, 2.45) is 0 Å². The number of nitrogens with zero attached hydrogens (tertiary/aromatic N) is 1. The molecular formula is C18H24F4N2O2. The Kier molecular flexibility index (Phi) is 6.16. The van der Waals surface area contributed by atoms with Crippen LogP contribution in [0.3, 0.4) is 0 Å². The van der Waals surface area contributed by atoms with Gasteiger partial charge in [-0.15, -0.1) is 0 Å². The second-order valence-corrected chi connectivity index (χ2v) is 7.37. The molecule has 0 aliphatic carbocycles. The van der Waals surface area contributed by atoms with Gasteiger partial charge >= 0.3 is 12.3 Å². The highest BCUT2D eigenvalue weighted by molar-refractivity contribution is 5.68. The predicted molar refractivity (Wildman–Crippen MR) is 89.4 cm³/mol. The number of likely N-dealkylation sites (tertiary alicyclic amines) is 1. The van der Waals surface area contributed by atoms with E-state index in [0.717, 1.165) is 6.07 Å². The van der Waals surface area contributed by atoms with Gasteiger partial charge in [0.1, 0.15) is 11.8 Å². The van der Waals surface area contributed by atoms with E-state index in [2.05, 4.69) is 5.32 Å². The van der Waals surface area contributed by atoms with Gasteiger partial charge in [-0.1, -0.05) is 18.2 Å². The van der Waals surface area contributed by atoms with Gasteiger partial charge in [-0.25, -0.2) is 9.18 Å². The smallest absolute Gasteiger partial charge is 0.416 e. The minimum absolute atomic E-state index is 0.0711. The summed E-state index contributed by atoms with van der Waals surface area (Å²) < 4.78 is 58.6. The number of ether oxygens (including phenoxy) is 1. The highest BCUT2D eigenvalue weighted by Gasteiger charge is 2.35. The Morgan fingerprint density at radius 3 is 2.50 bits per heavy atom. The van der Waals surface area contributed by atoms with E-state index in [-0.39, 0.29) is 25.2 Å². The SMILES string of the molecule is CC(C)(C)OC(=O)N1CC[C@@H](NCc2ccccc2C(F)(F)F)[C@H](F)C1. The summed E-state index contributed by atoms with van der Waals surface area (Å²) in [7, 11) is 0. The van der Waals surface area contributed by atoms with E-state index in [4.69, 9.17) is 4.74 Å². The molecule has 0 bridgehead atoms. The maximum absolute atomic E-state index is 14.4. The topological polar surface area (TPSA) is 41.6 Å². The number of carbonyl (C=O) groups excluding carboxylic acids is 1. The van der Waals surface area contributed by atoms with Crippen molar-refractivity contribution in [2.75, 3.05) is 13.1 Å². The number of piperidine rings is 1. The third-order valence-corrected chi connectivity index (χ3v) is 4.07. The molecule has 1 aliphatic rings. The van der Waals surface area contributed by atoms with Crippen molar-refractivity contribution in [1.82, 2.24) is 10.2 Å². The van der Waals surface area contributed by atoms with Crippen LogP contribution in [0.4, 0.5) is 22.4 Å². The van der Waals surface area contributed by atoms with Crippen LogP contribution in [-0.4, -0.2) is 41.9 Å². The zero-order valence-electron chi connectivity index (χ0n) is 15.1. The molecule has 0 saturated carbocycles. The molecule has 0 unspecified atom stereocenters. The monoisotopic (exact) mass is 376 g/mol. The molecule has 2 rings (SSSR count). The van der Waals surface area contributed by atoms with Gasteiger partial charge in [-0.05, 0) is 38.8 Å². The molecule has 1 aromatic carbocycles. The van der Waals surface area contributed by atoms with Crippen LogP contribution in [-0.2, 0) is 17.5 Å². The van der Waals surface area contributed by atoms with Crippen LogP contribution < -0.4 is 5.32 Å². The Bertz CT molecular complexity index is 628. The fourth-order valence-electron chi connectivity index (χ4n) is 2.82. The lowest BCUT2D eigenvalue weighted by Gasteiger charge is -2.36. The largest absolute Gasteiger partial charge is 0.444 e. The first kappa shape index (κ1) is 20.5. The lowest BCUT2D eigenvalue weighted by molar-refractivity contribution is -0.138. The van der Waals surface area contributed by atoms with Gasteiger partial charge < -0.3 is 15.0 Å². The van der Waals surface area contributed by atoms with E-state index in [1.807, 2.05) is 0 Å². The standard InChI is InChI=1S/C18H24F4N2O2/c1-17(2,3)26-16(25)24-9-8-15(14(19)11-24)23-10-12-6-4-5-7-13(12)18(20,21)22/h4-7,14-15,23H,8-11H2,1-3H3/t14-,15-/m1/s1. The van der Waals surface area contributed by atoms with Crippen molar-refractivity contribution in [3.63, 3.8) is 0 Å². The number of hydrogen-bond acceptors (Lipinski definition) is 3. The van der Waals surface area contributed by atoms with Crippen molar-refractivity contribution >= 4 is 6.09 Å². The molecule has 2 atom stereocenters. The summed E-state index contributed by atoms with van der Waals surface area (Å²) in [6.45, 7) is 5.23. The molecular weight excluding hydrogens is 352 g/mol. The van der Waals surface area contributed by atoms with Gasteiger partial charge in [0.05, 0.1) is 12.1 Å². The summed E-state index contributed by atoms with van der Waals surface area (Å²) in [6, 6.07) is 4.61. The molecule has 0 spiro atoms. The number of nitrogens with one attached hydrogen (secondary N) is 1. The second-order valence-electron chi connectivity index (χ2n) is 7.37. The van der Waals surface area contributed by atoms with Gasteiger partial charge in [-0.3, -0.25) is 0 Å². The number of amides is 1. The van der Waals surface area contributed by atoms with Crippen LogP contribution in [0.15, 0.2) is 24.3 Å². The first-order chi connectivity index (χ1) is 12.0. The lowest BCUT2D eigenvalue weighted by Crippen LogP contribution is -2.53. The average molecular weight is 376 g/mol. The van der Waals surface area contributed by atoms with Crippen LogP contribution in [0.2, 0.25) is 0 Å². The van der Waals surface area contributed by atoms with E-state index in [9.17, 15) is 22.4 Å². The molecule has 1 amide bonds. The van der Waals surface area contributed by atoms with E-state index in [1.165, 1.54) is 23.1 Å². The zero-order chi connectivity index (χ0) is 19.5. The van der Waals surface area contributed by atoms with Gasteiger partial charge in [-0.2, -0.15) is 13.2 Å². The molecule has 4 nitrogen and oxygen atoms in total. The Labute approximate surface area is 150 Å². The van der Waals surface area contributed by atoms with Crippen LogP contribution in [0, 0.1) is 0 Å². The molecule has 1 aliphatic heterocycles. The molecule has 1 saturated heterocycles. The summed E-state index contributed by atoms with van der Waals surface area (Å²) in [5.41, 5.74) is -1.32. The van der Waals surface area contributed by atoms with E-state index < -0.39 is 35.6 Å². The third-order valence-electron chi connectivity index (χ3n) is 4.07. The fourth-order valence-corrected chi connectivity index (χ4v) is 2.82. The van der Waals surface area contributed by atoms with Crippen LogP contribution in [0.1, 0.15) is 38.3 Å². The molecule has 8 heteroatoms. The highest BCUT2D eigenvalue weighted by Crippen LogP contribution is 2.32. The molecule has 1 heterocycles. The van der Waals surface area contributed by atoms with Gasteiger partial charge in [0.2, 0.25) is 0 Å². The molecule has 146 valence electrons. The number of rotatable bonds is 3. The number of alkyl halides is 4. The molecule has 26 heavy (non-hydrogen) atoms.